The molecule has 10 heteroatoms. The van der Waals surface area contributed by atoms with Crippen LogP contribution in [-0.4, -0.2) is 28.3 Å². The van der Waals surface area contributed by atoms with E-state index in [-0.39, 0.29) is 0 Å². The fourth-order valence-corrected chi connectivity index (χ4v) is 1.86. The van der Waals surface area contributed by atoms with E-state index in [1.807, 2.05) is 0 Å². The summed E-state index contributed by atoms with van der Waals surface area (Å²) in [6.45, 7) is 0. The van der Waals surface area contributed by atoms with Crippen molar-refractivity contribution in [3.8, 4) is 0 Å². The molecule has 0 radical (unpaired) electrons. The van der Waals surface area contributed by atoms with Crippen LogP contribution in [0, 0.1) is 0 Å². The van der Waals surface area contributed by atoms with Crippen LogP contribution in [0.1, 0.15) is 0 Å². The summed E-state index contributed by atoms with van der Waals surface area (Å²) in [7, 11) is -7.78. The predicted octanol–water partition coefficient (Wildman–Crippen LogP) is 0.396. The summed E-state index contributed by atoms with van der Waals surface area (Å²) in [4.78, 5) is 10.7. The maximum absolute atomic E-state index is 11.9. The molecular formula is C3H7FNO6PS. The first kappa shape index (κ1) is 12.5. The first-order valence-corrected chi connectivity index (χ1v) is 5.66. The van der Waals surface area contributed by atoms with Crippen LogP contribution in [0.5, 0.6) is 0 Å². The van der Waals surface area contributed by atoms with Crippen molar-refractivity contribution in [2.45, 2.75) is 0 Å². The molecular weight excluding hydrogens is 228 g/mol. The van der Waals surface area contributed by atoms with E-state index in [1.165, 1.54) is 0 Å². The van der Waals surface area contributed by atoms with Gasteiger partial charge in [0.2, 0.25) is 0 Å². The van der Waals surface area contributed by atoms with Crippen molar-refractivity contribution in [1.82, 2.24) is 4.72 Å². The highest BCUT2D eigenvalue weighted by atomic mass is 32.3. The van der Waals surface area contributed by atoms with E-state index >= 15 is 0 Å². The van der Waals surface area contributed by atoms with Gasteiger partial charge in [-0.05, 0) is 0 Å². The number of carbonyl (C=O) groups is 1. The molecule has 0 rings (SSSR count). The number of amides is 1. The molecule has 0 aromatic heterocycles. The number of carbonyl (C=O) groups excluding carboxylic acids is 1. The molecule has 0 saturated heterocycles. The van der Waals surface area contributed by atoms with E-state index in [0.29, 0.717) is 0 Å². The molecule has 7 nitrogen and oxygen atoms in total. The SMILES string of the molecule is COP(=O)(OC)C(=O)NS(=O)(=O)F. The van der Waals surface area contributed by atoms with Crippen molar-refractivity contribution in [3.63, 3.8) is 0 Å². The molecule has 0 aliphatic carbocycles. The summed E-state index contributed by atoms with van der Waals surface area (Å²) >= 11 is 0. The summed E-state index contributed by atoms with van der Waals surface area (Å²) < 4.78 is 51.7. The van der Waals surface area contributed by atoms with E-state index in [9.17, 15) is 21.7 Å². The smallest absolute Gasteiger partial charge is 0.305 e. The van der Waals surface area contributed by atoms with Gasteiger partial charge in [0, 0.05) is 14.2 Å². The second-order valence-corrected chi connectivity index (χ2v) is 4.92. The Kier molecular flexibility index (Phi) is 3.98. The normalized spacial score (nSPS) is 12.5. The topological polar surface area (TPSA) is 98.8 Å². The summed E-state index contributed by atoms with van der Waals surface area (Å²) in [5.74, 6) is 0. The van der Waals surface area contributed by atoms with Crippen molar-refractivity contribution >= 4 is 23.7 Å². The maximum Gasteiger partial charge on any atom is 0.418 e. The first-order valence-electron chi connectivity index (χ1n) is 2.73. The molecule has 0 fully saturated rings. The quantitative estimate of drug-likeness (QED) is 0.559. The zero-order valence-corrected chi connectivity index (χ0v) is 8.39. The Bertz CT molecular complexity index is 330. The third kappa shape index (κ3) is 3.81. The molecule has 0 atom stereocenters. The van der Waals surface area contributed by atoms with Crippen LogP contribution in [0.3, 0.4) is 0 Å². The number of hydrogen-bond acceptors (Lipinski definition) is 6. The summed E-state index contributed by atoms with van der Waals surface area (Å²) in [5, 5.41) is 0. The van der Waals surface area contributed by atoms with Gasteiger partial charge in [0.05, 0.1) is 0 Å². The lowest BCUT2D eigenvalue weighted by Crippen LogP contribution is -2.26. The molecule has 13 heavy (non-hydrogen) atoms. The van der Waals surface area contributed by atoms with Gasteiger partial charge in [-0.2, -0.15) is 8.42 Å². The molecule has 1 amide bonds. The third-order valence-electron chi connectivity index (χ3n) is 0.939. The van der Waals surface area contributed by atoms with E-state index in [0.717, 1.165) is 18.9 Å². The minimum absolute atomic E-state index is 0.815. The minimum Gasteiger partial charge on any atom is -0.305 e. The molecule has 0 aromatic rings. The Morgan fingerprint density at radius 3 is 2.00 bits per heavy atom. The molecule has 0 spiro atoms. The number of hydrogen-bond donors (Lipinski definition) is 1. The van der Waals surface area contributed by atoms with Crippen molar-refractivity contribution in [2.75, 3.05) is 14.2 Å². The van der Waals surface area contributed by atoms with E-state index < -0.39 is 23.7 Å². The van der Waals surface area contributed by atoms with Crippen LogP contribution < -0.4 is 4.72 Å². The second kappa shape index (κ2) is 4.14. The molecule has 0 aliphatic heterocycles. The molecule has 0 unspecified atom stereocenters. The standard InChI is InChI=1S/C3H7FNO6PS/c1-10-12(7,11-2)3(6)5-13(4,8)9/h1-2H3,(H,5,6). The molecule has 78 valence electrons. The van der Waals surface area contributed by atoms with Crippen molar-refractivity contribution < 1.29 is 30.7 Å². The maximum atomic E-state index is 11.9. The van der Waals surface area contributed by atoms with Crippen molar-refractivity contribution in [1.29, 1.82) is 0 Å². The zero-order valence-electron chi connectivity index (χ0n) is 6.68. The Balaban J connectivity index is 4.71. The molecule has 1 N–H and O–H groups in total. The summed E-state index contributed by atoms with van der Waals surface area (Å²) in [5.41, 5.74) is -1.68. The van der Waals surface area contributed by atoms with Gasteiger partial charge in [0.1, 0.15) is 0 Å². The van der Waals surface area contributed by atoms with Crippen LogP contribution in [0.15, 0.2) is 0 Å². The van der Waals surface area contributed by atoms with Gasteiger partial charge in [0.15, 0.2) is 0 Å². The third-order valence-corrected chi connectivity index (χ3v) is 3.09. The minimum atomic E-state index is -5.26. The van der Waals surface area contributed by atoms with Crippen LogP contribution >= 0.6 is 7.60 Å². The predicted molar refractivity (Wildman–Crippen MR) is 40.2 cm³/mol. The Morgan fingerprint density at radius 2 is 1.77 bits per heavy atom. The Labute approximate surface area is 74.1 Å². The highest BCUT2D eigenvalue weighted by molar-refractivity contribution is 7.87. The number of halogens is 1. The molecule has 0 saturated carbocycles. The Hall–Kier alpha value is -0.500. The monoisotopic (exact) mass is 235 g/mol. The van der Waals surface area contributed by atoms with Gasteiger partial charge in [-0.25, -0.2) is 9.29 Å². The van der Waals surface area contributed by atoms with Crippen LogP contribution in [-0.2, 0) is 24.0 Å². The fraction of sp³-hybridized carbons (Fsp3) is 0.667. The van der Waals surface area contributed by atoms with Crippen molar-refractivity contribution in [3.05, 3.63) is 0 Å². The average Bonchev–Trinajstić information content (AvgIpc) is 2.00. The van der Waals surface area contributed by atoms with Crippen LogP contribution in [0.25, 0.3) is 0 Å². The highest BCUT2D eigenvalue weighted by Gasteiger charge is 2.35. The first-order chi connectivity index (χ1) is 5.75. The lowest BCUT2D eigenvalue weighted by molar-refractivity contribution is 0.237. The molecule has 0 heterocycles. The van der Waals surface area contributed by atoms with Gasteiger partial charge < -0.3 is 9.05 Å². The van der Waals surface area contributed by atoms with Gasteiger partial charge in [-0.15, -0.1) is 0 Å². The molecule has 0 aliphatic rings. The highest BCUT2D eigenvalue weighted by Crippen LogP contribution is 2.46. The molecule has 0 aromatic carbocycles. The van der Waals surface area contributed by atoms with E-state index in [2.05, 4.69) is 9.05 Å². The summed E-state index contributed by atoms with van der Waals surface area (Å²) in [6, 6.07) is 0. The summed E-state index contributed by atoms with van der Waals surface area (Å²) in [6.07, 6.45) is 0. The van der Waals surface area contributed by atoms with E-state index in [1.54, 1.807) is 0 Å². The van der Waals surface area contributed by atoms with Crippen LogP contribution in [0.4, 0.5) is 8.68 Å². The molecule has 0 bridgehead atoms. The lowest BCUT2D eigenvalue weighted by Gasteiger charge is -2.10. The van der Waals surface area contributed by atoms with Gasteiger partial charge in [-0.3, -0.25) is 4.79 Å². The number of nitrogens with one attached hydrogen (secondary N) is 1. The second-order valence-electron chi connectivity index (χ2n) is 1.71. The zero-order chi connectivity index (χ0) is 10.7. The van der Waals surface area contributed by atoms with Crippen molar-refractivity contribution in [2.24, 2.45) is 0 Å². The van der Waals surface area contributed by atoms with Crippen LogP contribution in [0.2, 0.25) is 0 Å². The van der Waals surface area contributed by atoms with Gasteiger partial charge >= 0.3 is 23.7 Å². The largest absolute Gasteiger partial charge is 0.418 e. The van der Waals surface area contributed by atoms with E-state index in [4.69, 9.17) is 0 Å². The number of rotatable bonds is 4. The lowest BCUT2D eigenvalue weighted by atomic mass is 11.4. The van der Waals surface area contributed by atoms with Gasteiger partial charge in [-0.1, -0.05) is 3.89 Å². The average molecular weight is 235 g/mol. The Morgan fingerprint density at radius 1 is 1.38 bits per heavy atom. The van der Waals surface area contributed by atoms with Gasteiger partial charge in [0.25, 0.3) is 0 Å². The fourth-order valence-electron chi connectivity index (χ4n) is 0.401.